The van der Waals surface area contributed by atoms with Crippen LogP contribution in [0.4, 0.5) is 0 Å². The zero-order valence-corrected chi connectivity index (χ0v) is 9.50. The van der Waals surface area contributed by atoms with Gasteiger partial charge >= 0.3 is 0 Å². The van der Waals surface area contributed by atoms with Gasteiger partial charge in [-0.3, -0.25) is 4.98 Å². The SMILES string of the molecule is CN(CC/C(N)=N/O)CCc1ccccn1. The van der Waals surface area contributed by atoms with E-state index in [1.165, 1.54) is 0 Å². The van der Waals surface area contributed by atoms with Crippen LogP contribution in [-0.4, -0.2) is 41.1 Å². The predicted molar refractivity (Wildman–Crippen MR) is 63.5 cm³/mol. The first kappa shape index (κ1) is 12.4. The zero-order chi connectivity index (χ0) is 11.8. The summed E-state index contributed by atoms with van der Waals surface area (Å²) >= 11 is 0. The molecular weight excluding hydrogens is 204 g/mol. The van der Waals surface area contributed by atoms with Gasteiger partial charge in [-0.15, -0.1) is 0 Å². The third kappa shape index (κ3) is 4.75. The molecule has 0 saturated heterocycles. The van der Waals surface area contributed by atoms with E-state index in [1.807, 2.05) is 25.2 Å². The van der Waals surface area contributed by atoms with E-state index in [-0.39, 0.29) is 5.84 Å². The Kier molecular flexibility index (Phi) is 5.28. The first-order chi connectivity index (χ1) is 7.72. The molecule has 0 fully saturated rings. The average molecular weight is 222 g/mol. The topological polar surface area (TPSA) is 74.7 Å². The maximum absolute atomic E-state index is 8.39. The van der Waals surface area contributed by atoms with Crippen LogP contribution in [0, 0.1) is 0 Å². The third-order valence-corrected chi connectivity index (χ3v) is 2.35. The molecule has 0 aliphatic carbocycles. The average Bonchev–Trinajstić information content (AvgIpc) is 2.34. The Morgan fingerprint density at radius 3 is 2.94 bits per heavy atom. The Morgan fingerprint density at radius 1 is 1.50 bits per heavy atom. The number of amidine groups is 1. The molecule has 1 aromatic heterocycles. The molecule has 0 radical (unpaired) electrons. The van der Waals surface area contributed by atoms with Gasteiger partial charge in [-0.2, -0.15) is 0 Å². The first-order valence-electron chi connectivity index (χ1n) is 5.27. The Morgan fingerprint density at radius 2 is 2.31 bits per heavy atom. The van der Waals surface area contributed by atoms with E-state index in [1.54, 1.807) is 6.20 Å². The molecular formula is C11H18N4O. The van der Waals surface area contributed by atoms with E-state index in [2.05, 4.69) is 15.0 Å². The van der Waals surface area contributed by atoms with Gasteiger partial charge in [0.25, 0.3) is 0 Å². The van der Waals surface area contributed by atoms with Gasteiger partial charge in [0.15, 0.2) is 0 Å². The quantitative estimate of drug-likeness (QED) is 0.321. The van der Waals surface area contributed by atoms with E-state index in [0.717, 1.165) is 25.2 Å². The van der Waals surface area contributed by atoms with E-state index >= 15 is 0 Å². The number of hydrogen-bond donors (Lipinski definition) is 2. The van der Waals surface area contributed by atoms with Crippen molar-refractivity contribution in [3.8, 4) is 0 Å². The Hall–Kier alpha value is -1.62. The summed E-state index contributed by atoms with van der Waals surface area (Å²) in [6, 6.07) is 5.90. The number of aromatic nitrogens is 1. The lowest BCUT2D eigenvalue weighted by molar-refractivity contribution is 0.311. The molecule has 1 rings (SSSR count). The van der Waals surface area contributed by atoms with Crippen LogP contribution in [-0.2, 0) is 6.42 Å². The molecule has 5 heteroatoms. The van der Waals surface area contributed by atoms with Crippen molar-refractivity contribution in [3.05, 3.63) is 30.1 Å². The van der Waals surface area contributed by atoms with Crippen LogP contribution in [0.1, 0.15) is 12.1 Å². The van der Waals surface area contributed by atoms with Crippen LogP contribution in [0.15, 0.2) is 29.6 Å². The summed E-state index contributed by atoms with van der Waals surface area (Å²) in [4.78, 5) is 6.38. The normalized spacial score (nSPS) is 12.0. The molecule has 0 spiro atoms. The van der Waals surface area contributed by atoms with Crippen molar-refractivity contribution < 1.29 is 5.21 Å². The van der Waals surface area contributed by atoms with Crippen molar-refractivity contribution >= 4 is 5.84 Å². The van der Waals surface area contributed by atoms with E-state index in [0.29, 0.717) is 6.42 Å². The van der Waals surface area contributed by atoms with Gasteiger partial charge in [0.2, 0.25) is 0 Å². The number of likely N-dealkylation sites (N-methyl/N-ethyl adjacent to an activating group) is 1. The van der Waals surface area contributed by atoms with Crippen molar-refractivity contribution in [1.29, 1.82) is 0 Å². The van der Waals surface area contributed by atoms with E-state index in [4.69, 9.17) is 10.9 Å². The smallest absolute Gasteiger partial charge is 0.140 e. The number of pyridine rings is 1. The minimum Gasteiger partial charge on any atom is -0.409 e. The molecule has 5 nitrogen and oxygen atoms in total. The summed E-state index contributed by atoms with van der Waals surface area (Å²) in [6.07, 6.45) is 3.29. The maximum Gasteiger partial charge on any atom is 0.140 e. The number of rotatable bonds is 6. The summed E-state index contributed by atoms with van der Waals surface area (Å²) in [5.41, 5.74) is 6.47. The van der Waals surface area contributed by atoms with Gasteiger partial charge in [0.05, 0.1) is 0 Å². The standard InChI is InChI=1S/C11H18N4O/c1-15(9-6-11(12)14-16)8-5-10-4-2-3-7-13-10/h2-4,7,16H,5-6,8-9H2,1H3,(H2,12,14). The summed E-state index contributed by atoms with van der Waals surface area (Å²) in [5.74, 6) is 0.268. The first-order valence-corrected chi connectivity index (χ1v) is 5.27. The number of nitrogens with zero attached hydrogens (tertiary/aromatic N) is 3. The molecule has 0 amide bonds. The van der Waals surface area contributed by atoms with Gasteiger partial charge < -0.3 is 15.8 Å². The van der Waals surface area contributed by atoms with Crippen molar-refractivity contribution in [2.75, 3.05) is 20.1 Å². The predicted octanol–water partition coefficient (Wildman–Crippen LogP) is 0.692. The van der Waals surface area contributed by atoms with Gasteiger partial charge in [-0.1, -0.05) is 11.2 Å². The highest BCUT2D eigenvalue weighted by Crippen LogP contribution is 1.97. The summed E-state index contributed by atoms with van der Waals surface area (Å²) in [6.45, 7) is 1.69. The van der Waals surface area contributed by atoms with Crippen LogP contribution in [0.2, 0.25) is 0 Å². The minimum atomic E-state index is 0.268. The highest BCUT2D eigenvalue weighted by atomic mass is 16.4. The lowest BCUT2D eigenvalue weighted by atomic mass is 10.2. The van der Waals surface area contributed by atoms with E-state index in [9.17, 15) is 0 Å². The highest BCUT2D eigenvalue weighted by molar-refractivity contribution is 5.79. The van der Waals surface area contributed by atoms with Gasteiger partial charge in [0.1, 0.15) is 5.84 Å². The van der Waals surface area contributed by atoms with Crippen LogP contribution < -0.4 is 5.73 Å². The van der Waals surface area contributed by atoms with Gasteiger partial charge in [0, 0.05) is 37.8 Å². The van der Waals surface area contributed by atoms with Crippen LogP contribution in [0.25, 0.3) is 0 Å². The third-order valence-electron chi connectivity index (χ3n) is 2.35. The van der Waals surface area contributed by atoms with E-state index < -0.39 is 0 Å². The number of oxime groups is 1. The molecule has 0 aliphatic heterocycles. The fraction of sp³-hybridized carbons (Fsp3) is 0.455. The lowest BCUT2D eigenvalue weighted by Crippen LogP contribution is -2.26. The lowest BCUT2D eigenvalue weighted by Gasteiger charge is -2.15. The number of hydrogen-bond acceptors (Lipinski definition) is 4. The largest absolute Gasteiger partial charge is 0.409 e. The summed E-state index contributed by atoms with van der Waals surface area (Å²) in [5, 5.41) is 11.3. The number of nitrogens with two attached hydrogens (primary N) is 1. The van der Waals surface area contributed by atoms with Crippen molar-refractivity contribution in [3.63, 3.8) is 0 Å². The highest BCUT2D eigenvalue weighted by Gasteiger charge is 2.01. The van der Waals surface area contributed by atoms with Gasteiger partial charge in [-0.05, 0) is 19.2 Å². The Balaban J connectivity index is 2.23. The molecule has 3 N–H and O–H groups in total. The second kappa shape index (κ2) is 6.79. The maximum atomic E-state index is 8.39. The summed E-state index contributed by atoms with van der Waals surface area (Å²) < 4.78 is 0. The minimum absolute atomic E-state index is 0.268. The molecule has 16 heavy (non-hydrogen) atoms. The second-order valence-corrected chi connectivity index (χ2v) is 3.72. The summed E-state index contributed by atoms with van der Waals surface area (Å²) in [7, 11) is 2.01. The fourth-order valence-corrected chi connectivity index (χ4v) is 1.32. The molecule has 0 bridgehead atoms. The monoisotopic (exact) mass is 222 g/mol. The van der Waals surface area contributed by atoms with Crippen LogP contribution >= 0.6 is 0 Å². The zero-order valence-electron chi connectivity index (χ0n) is 9.50. The molecule has 0 aliphatic rings. The molecule has 88 valence electrons. The second-order valence-electron chi connectivity index (χ2n) is 3.72. The van der Waals surface area contributed by atoms with Crippen LogP contribution in [0.5, 0.6) is 0 Å². The molecule has 0 unspecified atom stereocenters. The van der Waals surface area contributed by atoms with Gasteiger partial charge in [-0.25, -0.2) is 0 Å². The molecule has 0 saturated carbocycles. The molecule has 1 heterocycles. The Bertz CT molecular complexity index is 326. The van der Waals surface area contributed by atoms with Crippen LogP contribution in [0.3, 0.4) is 0 Å². The van der Waals surface area contributed by atoms with Crippen molar-refractivity contribution in [1.82, 2.24) is 9.88 Å². The molecule has 1 aromatic rings. The molecule has 0 atom stereocenters. The van der Waals surface area contributed by atoms with Crippen molar-refractivity contribution in [2.45, 2.75) is 12.8 Å². The Labute approximate surface area is 95.6 Å². The molecule has 0 aromatic carbocycles. The van der Waals surface area contributed by atoms with Crippen molar-refractivity contribution in [2.24, 2.45) is 10.9 Å². The fourth-order valence-electron chi connectivity index (χ4n) is 1.32.